The third-order valence-electron chi connectivity index (χ3n) is 3.16. The highest BCUT2D eigenvalue weighted by molar-refractivity contribution is 6.30. The minimum atomic E-state index is -0.993. The molecule has 3 heterocycles. The Kier molecular flexibility index (Phi) is 2.66. The lowest BCUT2D eigenvalue weighted by Gasteiger charge is -2.28. The molecule has 0 aromatic rings. The molecule has 0 aromatic heterocycles. The second kappa shape index (κ2) is 4.36. The molecule has 3 aliphatic rings. The second-order valence-electron chi connectivity index (χ2n) is 4.36. The molecule has 20 heavy (non-hydrogen) atoms. The van der Waals surface area contributed by atoms with Crippen molar-refractivity contribution in [1.82, 2.24) is 10.2 Å². The summed E-state index contributed by atoms with van der Waals surface area (Å²) in [6.45, 7) is 0. The normalized spacial score (nSPS) is 25.2. The molecule has 1 N–H and O–H groups in total. The molecule has 0 bridgehead atoms. The van der Waals surface area contributed by atoms with Gasteiger partial charge in [0.1, 0.15) is 6.04 Å². The fraction of sp³-hybridized carbons (Fsp3) is 0.250. The maximum absolute atomic E-state index is 12.2. The number of carbonyl (C=O) groups excluding carboxylic acids is 4. The zero-order valence-corrected chi connectivity index (χ0v) is 10.1. The summed E-state index contributed by atoms with van der Waals surface area (Å²) in [7, 11) is 0. The molecule has 3 aliphatic heterocycles. The van der Waals surface area contributed by atoms with Crippen LogP contribution in [0.25, 0.3) is 0 Å². The number of nitrogens with zero attached hydrogens (tertiary/aromatic N) is 3. The quantitative estimate of drug-likeness (QED) is 0.597. The van der Waals surface area contributed by atoms with E-state index in [1.54, 1.807) is 0 Å². The topological polar surface area (TPSA) is 108 Å². The third-order valence-corrected chi connectivity index (χ3v) is 3.16. The smallest absolute Gasteiger partial charge is 0.281 e. The molecule has 4 amide bonds. The van der Waals surface area contributed by atoms with Crippen LogP contribution in [0.2, 0.25) is 0 Å². The lowest BCUT2D eigenvalue weighted by Crippen LogP contribution is -2.54. The number of carbonyl (C=O) groups is 4. The van der Waals surface area contributed by atoms with Crippen molar-refractivity contribution in [1.29, 1.82) is 0 Å². The molecule has 8 nitrogen and oxygen atoms in total. The van der Waals surface area contributed by atoms with E-state index in [0.29, 0.717) is 0 Å². The van der Waals surface area contributed by atoms with E-state index < -0.39 is 29.7 Å². The fourth-order valence-corrected chi connectivity index (χ4v) is 2.23. The summed E-state index contributed by atoms with van der Waals surface area (Å²) < 4.78 is 0. The van der Waals surface area contributed by atoms with Gasteiger partial charge in [0.25, 0.3) is 11.8 Å². The monoisotopic (exact) mass is 272 g/mol. The van der Waals surface area contributed by atoms with Crippen molar-refractivity contribution >= 4 is 35.7 Å². The molecule has 1 unspecified atom stereocenters. The van der Waals surface area contributed by atoms with Crippen LogP contribution in [0.4, 0.5) is 0 Å². The molecule has 1 fully saturated rings. The number of aliphatic imine (C=N–C) groups is 2. The molecule has 0 saturated carbocycles. The van der Waals surface area contributed by atoms with Crippen LogP contribution in [0.15, 0.2) is 27.5 Å². The zero-order valence-electron chi connectivity index (χ0n) is 10.1. The summed E-state index contributed by atoms with van der Waals surface area (Å²) in [5.74, 6) is 0.0237. The lowest BCUT2D eigenvalue weighted by atomic mass is 10.0. The number of rotatable bonds is 1. The summed E-state index contributed by atoms with van der Waals surface area (Å²) >= 11 is 0. The van der Waals surface area contributed by atoms with Crippen LogP contribution in [-0.2, 0) is 19.2 Å². The van der Waals surface area contributed by atoms with Crippen molar-refractivity contribution < 1.29 is 19.2 Å². The van der Waals surface area contributed by atoms with Gasteiger partial charge in [-0.15, -0.1) is 0 Å². The Labute approximate surface area is 112 Å². The highest BCUT2D eigenvalue weighted by Gasteiger charge is 2.45. The highest BCUT2D eigenvalue weighted by atomic mass is 16.2. The molecule has 0 aliphatic carbocycles. The van der Waals surface area contributed by atoms with Crippen LogP contribution in [0.3, 0.4) is 0 Å². The van der Waals surface area contributed by atoms with Crippen LogP contribution in [0.1, 0.15) is 12.8 Å². The van der Waals surface area contributed by atoms with E-state index in [4.69, 9.17) is 0 Å². The van der Waals surface area contributed by atoms with E-state index in [2.05, 4.69) is 21.2 Å². The van der Waals surface area contributed by atoms with Gasteiger partial charge in [-0.2, -0.15) is 4.99 Å². The van der Waals surface area contributed by atoms with E-state index in [1.807, 2.05) is 0 Å². The number of hydrogen-bond acceptors (Lipinski definition) is 6. The number of imide groups is 2. The number of hydrogen-bond donors (Lipinski definition) is 1. The second-order valence-corrected chi connectivity index (χ2v) is 4.36. The summed E-state index contributed by atoms with van der Waals surface area (Å²) in [5, 5.41) is 2.11. The fourth-order valence-electron chi connectivity index (χ4n) is 2.23. The van der Waals surface area contributed by atoms with Crippen molar-refractivity contribution in [3.63, 3.8) is 0 Å². The Balaban J connectivity index is 1.95. The van der Waals surface area contributed by atoms with E-state index >= 15 is 0 Å². The van der Waals surface area contributed by atoms with E-state index in [-0.39, 0.29) is 24.1 Å². The van der Waals surface area contributed by atoms with Crippen LogP contribution in [0.5, 0.6) is 0 Å². The van der Waals surface area contributed by atoms with E-state index in [9.17, 15) is 19.2 Å². The molecule has 0 aromatic carbocycles. The van der Waals surface area contributed by atoms with Crippen LogP contribution < -0.4 is 5.32 Å². The van der Waals surface area contributed by atoms with Crippen molar-refractivity contribution in [3.05, 3.63) is 17.5 Å². The first-order valence-corrected chi connectivity index (χ1v) is 5.86. The van der Waals surface area contributed by atoms with Gasteiger partial charge in [-0.1, -0.05) is 0 Å². The molecule has 0 spiro atoms. The summed E-state index contributed by atoms with van der Waals surface area (Å²) in [6.07, 6.45) is 2.63. The third kappa shape index (κ3) is 1.70. The maximum Gasteiger partial charge on any atom is 0.281 e. The highest BCUT2D eigenvalue weighted by Crippen LogP contribution is 2.26. The van der Waals surface area contributed by atoms with Gasteiger partial charge in [-0.05, 0) is 6.42 Å². The van der Waals surface area contributed by atoms with Gasteiger partial charge >= 0.3 is 0 Å². The van der Waals surface area contributed by atoms with Gasteiger partial charge in [0.15, 0.2) is 5.70 Å². The number of piperidine rings is 1. The van der Waals surface area contributed by atoms with Crippen molar-refractivity contribution in [2.24, 2.45) is 9.98 Å². The van der Waals surface area contributed by atoms with Gasteiger partial charge in [-0.3, -0.25) is 34.4 Å². The minimum absolute atomic E-state index is 0.0287. The standard InChI is InChI=1S/C12H8N4O4/c17-8-2-1-7(10(18)15-8)16-11(19)6-5-13-3-4-14-9(6)12(16)20/h3,5,7H,1-2H2,(H,15,17,18). The predicted molar refractivity (Wildman–Crippen MR) is 65.5 cm³/mol. The summed E-state index contributed by atoms with van der Waals surface area (Å²) in [4.78, 5) is 55.6. The molecular weight excluding hydrogens is 264 g/mol. The van der Waals surface area contributed by atoms with Crippen LogP contribution in [0, 0.1) is 0 Å². The average Bonchev–Trinajstić information content (AvgIpc) is 2.61. The maximum atomic E-state index is 12.2. The van der Waals surface area contributed by atoms with Gasteiger partial charge in [0, 0.05) is 18.5 Å². The Morgan fingerprint density at radius 2 is 2.05 bits per heavy atom. The largest absolute Gasteiger partial charge is 0.295 e. The van der Waals surface area contributed by atoms with Crippen LogP contribution >= 0.6 is 0 Å². The SMILES string of the molecule is O=C1CCC(N2C(=O)C3=C(N=C=CN=C3)C2=O)C(=O)N1. The van der Waals surface area contributed by atoms with E-state index in [1.165, 1.54) is 12.4 Å². The van der Waals surface area contributed by atoms with Gasteiger partial charge in [0.05, 0.1) is 11.8 Å². The Bertz CT molecular complexity index is 682. The molecule has 1 atom stereocenters. The molecule has 1 saturated heterocycles. The molecule has 0 radical (unpaired) electrons. The number of nitrogens with one attached hydrogen (secondary N) is 1. The molecule has 100 valence electrons. The van der Waals surface area contributed by atoms with Crippen LogP contribution in [-0.4, -0.2) is 46.7 Å². The number of amides is 4. The van der Waals surface area contributed by atoms with Gasteiger partial charge in [-0.25, -0.2) is 0 Å². The summed E-state index contributed by atoms with van der Waals surface area (Å²) in [5.41, 5.74) is -0.0573. The minimum Gasteiger partial charge on any atom is -0.295 e. The zero-order chi connectivity index (χ0) is 14.3. The lowest BCUT2D eigenvalue weighted by molar-refractivity contribution is -0.149. The van der Waals surface area contributed by atoms with Crippen molar-refractivity contribution in [2.75, 3.05) is 0 Å². The summed E-state index contributed by atoms with van der Waals surface area (Å²) in [6, 6.07) is -0.993. The Hall–Kier alpha value is -2.86. The van der Waals surface area contributed by atoms with Gasteiger partial charge in [0.2, 0.25) is 11.8 Å². The molecule has 3 rings (SSSR count). The predicted octanol–water partition coefficient (Wildman–Crippen LogP) is -1.32. The van der Waals surface area contributed by atoms with Gasteiger partial charge < -0.3 is 0 Å². The first kappa shape index (κ1) is 12.2. The Morgan fingerprint density at radius 3 is 2.80 bits per heavy atom. The molecule has 8 heteroatoms. The molecular formula is C12H8N4O4. The van der Waals surface area contributed by atoms with Crippen molar-refractivity contribution in [3.8, 4) is 0 Å². The average molecular weight is 272 g/mol. The Morgan fingerprint density at radius 1 is 1.25 bits per heavy atom. The van der Waals surface area contributed by atoms with Crippen molar-refractivity contribution in [2.45, 2.75) is 18.9 Å². The first-order chi connectivity index (χ1) is 9.59. The first-order valence-electron chi connectivity index (χ1n) is 5.86. The van der Waals surface area contributed by atoms with E-state index in [0.717, 1.165) is 4.90 Å².